The van der Waals surface area contributed by atoms with Crippen LogP contribution < -0.4 is 0 Å². The van der Waals surface area contributed by atoms with E-state index in [4.69, 9.17) is 10.00 Å². The summed E-state index contributed by atoms with van der Waals surface area (Å²) in [4.78, 5) is 12.5. The van der Waals surface area contributed by atoms with Gasteiger partial charge in [0.1, 0.15) is 11.6 Å². The number of hydrogen-bond acceptors (Lipinski definition) is 3. The van der Waals surface area contributed by atoms with Gasteiger partial charge in [-0.1, -0.05) is 0 Å². The van der Waals surface area contributed by atoms with E-state index in [1.807, 2.05) is 6.07 Å². The minimum absolute atomic E-state index is 0.264. The molecule has 0 aliphatic carbocycles. The van der Waals surface area contributed by atoms with Gasteiger partial charge in [-0.25, -0.2) is 4.79 Å². The molecule has 66 valence electrons. The number of nitriles is 1. The largest absolute Gasteiger partial charge is 0.444 e. The van der Waals surface area contributed by atoms with E-state index in [-0.39, 0.29) is 6.04 Å². The number of hydrogen-bond donors (Lipinski definition) is 0. The molecular weight excluding hydrogens is 156 g/mol. The van der Waals surface area contributed by atoms with Crippen LogP contribution in [0.1, 0.15) is 20.8 Å². The lowest BCUT2D eigenvalue weighted by Gasteiger charge is -2.19. The quantitative estimate of drug-likeness (QED) is 0.509. The van der Waals surface area contributed by atoms with Gasteiger partial charge in [-0.3, -0.25) is 4.90 Å². The highest BCUT2D eigenvalue weighted by Gasteiger charge is 2.41. The molecule has 0 radical (unpaired) electrons. The van der Waals surface area contributed by atoms with Gasteiger partial charge in [0.05, 0.1) is 12.6 Å². The molecule has 1 fully saturated rings. The van der Waals surface area contributed by atoms with E-state index >= 15 is 0 Å². The summed E-state index contributed by atoms with van der Waals surface area (Å²) in [7, 11) is 0. The van der Waals surface area contributed by atoms with Crippen LogP contribution in [0.25, 0.3) is 0 Å². The van der Waals surface area contributed by atoms with Crippen LogP contribution >= 0.6 is 0 Å². The predicted molar refractivity (Wildman–Crippen MR) is 42.3 cm³/mol. The first-order chi connectivity index (χ1) is 5.44. The maximum absolute atomic E-state index is 11.1. The van der Waals surface area contributed by atoms with E-state index in [9.17, 15) is 4.79 Å². The van der Waals surface area contributed by atoms with Crippen LogP contribution in [0.4, 0.5) is 4.79 Å². The second kappa shape index (κ2) is 2.67. The molecule has 1 unspecified atom stereocenters. The summed E-state index contributed by atoms with van der Waals surface area (Å²) in [6.07, 6.45) is -0.394. The molecule has 0 N–H and O–H groups in total. The molecule has 4 heteroatoms. The van der Waals surface area contributed by atoms with Gasteiger partial charge in [0.15, 0.2) is 0 Å². The normalized spacial score (nSPS) is 21.5. The summed E-state index contributed by atoms with van der Waals surface area (Å²) in [5.74, 6) is 0. The van der Waals surface area contributed by atoms with E-state index in [0.717, 1.165) is 0 Å². The van der Waals surface area contributed by atoms with Crippen molar-refractivity contribution >= 4 is 6.09 Å². The van der Waals surface area contributed by atoms with Crippen molar-refractivity contribution in [2.45, 2.75) is 32.4 Å². The smallest absolute Gasteiger partial charge is 0.411 e. The van der Waals surface area contributed by atoms with E-state index in [0.29, 0.717) is 6.54 Å². The fraction of sp³-hybridized carbons (Fsp3) is 0.750. The average molecular weight is 168 g/mol. The number of nitrogens with zero attached hydrogens (tertiary/aromatic N) is 2. The molecule has 0 aromatic heterocycles. The van der Waals surface area contributed by atoms with E-state index in [1.54, 1.807) is 20.8 Å². The Balaban J connectivity index is 2.38. The monoisotopic (exact) mass is 168 g/mol. The Hall–Kier alpha value is -1.24. The lowest BCUT2D eigenvalue weighted by molar-refractivity contribution is 0.0414. The molecule has 1 amide bonds. The zero-order chi connectivity index (χ0) is 9.35. The van der Waals surface area contributed by atoms with Gasteiger partial charge in [-0.05, 0) is 20.8 Å². The third-order valence-electron chi connectivity index (χ3n) is 1.39. The maximum atomic E-state index is 11.1. The fourth-order valence-corrected chi connectivity index (χ4v) is 0.772. The van der Waals surface area contributed by atoms with Crippen LogP contribution in [-0.4, -0.2) is 29.2 Å². The summed E-state index contributed by atoms with van der Waals surface area (Å²) in [6, 6.07) is 1.72. The lowest BCUT2D eigenvalue weighted by atomic mass is 10.2. The van der Waals surface area contributed by atoms with Crippen LogP contribution in [0.2, 0.25) is 0 Å². The Morgan fingerprint density at radius 3 is 2.58 bits per heavy atom. The van der Waals surface area contributed by atoms with Crippen molar-refractivity contribution < 1.29 is 9.53 Å². The number of carbonyl (C=O) groups is 1. The summed E-state index contributed by atoms with van der Waals surface area (Å²) in [5.41, 5.74) is -0.473. The molecule has 1 atom stereocenters. The summed E-state index contributed by atoms with van der Waals surface area (Å²) >= 11 is 0. The molecule has 0 bridgehead atoms. The highest BCUT2D eigenvalue weighted by atomic mass is 16.6. The molecule has 1 saturated heterocycles. The molecule has 1 rings (SSSR count). The minimum atomic E-state index is -0.473. The number of ether oxygens (including phenoxy) is 1. The molecule has 0 saturated carbocycles. The van der Waals surface area contributed by atoms with Crippen LogP contribution in [0, 0.1) is 11.3 Å². The van der Waals surface area contributed by atoms with Crippen LogP contribution in [0.5, 0.6) is 0 Å². The molecule has 0 spiro atoms. The van der Waals surface area contributed by atoms with Crippen molar-refractivity contribution in [3.05, 3.63) is 0 Å². The number of carbonyl (C=O) groups excluding carboxylic acids is 1. The van der Waals surface area contributed by atoms with Crippen LogP contribution in [0.15, 0.2) is 0 Å². The standard InChI is InChI=1S/C8H12N2O2/c1-8(2,3)12-7(11)10-5-6(10)4-9/h6H,5H2,1-3H3. The Morgan fingerprint density at radius 1 is 1.67 bits per heavy atom. The van der Waals surface area contributed by atoms with Gasteiger partial charge < -0.3 is 4.74 Å². The first kappa shape index (κ1) is 8.85. The van der Waals surface area contributed by atoms with Crippen molar-refractivity contribution in [1.29, 1.82) is 5.26 Å². The predicted octanol–water partition coefficient (Wildman–Crippen LogP) is 1.13. The van der Waals surface area contributed by atoms with Crippen molar-refractivity contribution in [1.82, 2.24) is 4.90 Å². The van der Waals surface area contributed by atoms with Crippen molar-refractivity contribution in [2.24, 2.45) is 0 Å². The summed E-state index contributed by atoms with van der Waals surface area (Å²) < 4.78 is 5.03. The zero-order valence-electron chi connectivity index (χ0n) is 7.50. The second-order valence-corrected chi connectivity index (χ2v) is 3.78. The van der Waals surface area contributed by atoms with Gasteiger partial charge in [0.2, 0.25) is 0 Å². The molecule has 0 aromatic carbocycles. The van der Waals surface area contributed by atoms with Crippen molar-refractivity contribution in [3.63, 3.8) is 0 Å². The third kappa shape index (κ3) is 2.12. The molecule has 0 aromatic rings. The van der Waals surface area contributed by atoms with Gasteiger partial charge >= 0.3 is 6.09 Å². The number of rotatable bonds is 0. The molecule has 4 nitrogen and oxygen atoms in total. The van der Waals surface area contributed by atoms with E-state index < -0.39 is 11.7 Å². The highest BCUT2D eigenvalue weighted by Crippen LogP contribution is 2.20. The Kier molecular flexibility index (Phi) is 1.97. The van der Waals surface area contributed by atoms with Crippen molar-refractivity contribution in [2.75, 3.05) is 6.54 Å². The second-order valence-electron chi connectivity index (χ2n) is 3.78. The van der Waals surface area contributed by atoms with E-state index in [1.165, 1.54) is 4.90 Å². The molecular formula is C8H12N2O2. The van der Waals surface area contributed by atoms with Gasteiger partial charge in [-0.2, -0.15) is 5.26 Å². The molecule has 1 aliphatic heterocycles. The zero-order valence-corrected chi connectivity index (χ0v) is 7.50. The van der Waals surface area contributed by atoms with Crippen LogP contribution in [0.3, 0.4) is 0 Å². The lowest BCUT2D eigenvalue weighted by Crippen LogP contribution is -2.27. The fourth-order valence-electron chi connectivity index (χ4n) is 0.772. The third-order valence-corrected chi connectivity index (χ3v) is 1.39. The summed E-state index contributed by atoms with van der Waals surface area (Å²) in [5, 5.41) is 8.42. The Morgan fingerprint density at radius 2 is 2.25 bits per heavy atom. The molecule has 1 aliphatic rings. The Bertz CT molecular complexity index is 236. The highest BCUT2D eigenvalue weighted by molar-refractivity contribution is 5.72. The number of amides is 1. The van der Waals surface area contributed by atoms with Gasteiger partial charge in [0.25, 0.3) is 0 Å². The molecule has 12 heavy (non-hydrogen) atoms. The summed E-state index contributed by atoms with van der Waals surface area (Å²) in [6.45, 7) is 5.91. The van der Waals surface area contributed by atoms with Crippen molar-refractivity contribution in [3.8, 4) is 6.07 Å². The maximum Gasteiger partial charge on any atom is 0.411 e. The Labute approximate surface area is 71.7 Å². The van der Waals surface area contributed by atoms with Crippen LogP contribution in [-0.2, 0) is 4.74 Å². The SMILES string of the molecule is CC(C)(C)OC(=O)N1CC1C#N. The van der Waals surface area contributed by atoms with Gasteiger partial charge in [0, 0.05) is 0 Å². The minimum Gasteiger partial charge on any atom is -0.444 e. The van der Waals surface area contributed by atoms with E-state index in [2.05, 4.69) is 0 Å². The van der Waals surface area contributed by atoms with Gasteiger partial charge in [-0.15, -0.1) is 0 Å². The first-order valence-electron chi connectivity index (χ1n) is 3.83. The molecule has 1 heterocycles. The topological polar surface area (TPSA) is 53.1 Å². The average Bonchev–Trinajstić information content (AvgIpc) is 2.60. The first-order valence-corrected chi connectivity index (χ1v) is 3.83.